The van der Waals surface area contributed by atoms with E-state index in [1.807, 2.05) is 18.3 Å². The number of nitrogens with two attached hydrogens (primary N) is 1. The lowest BCUT2D eigenvalue weighted by molar-refractivity contribution is -0.0674. The minimum Gasteiger partial charge on any atom is -0.478 e. The van der Waals surface area contributed by atoms with Crippen LogP contribution < -0.4 is 10.6 Å². The van der Waals surface area contributed by atoms with Crippen molar-refractivity contribution in [2.45, 2.75) is 88.9 Å². The van der Waals surface area contributed by atoms with E-state index in [0.29, 0.717) is 30.3 Å². The molecule has 0 amide bonds. The number of ether oxygens (including phenoxy) is 1. The number of nitrogens with zero attached hydrogens (tertiary/aromatic N) is 3. The maximum absolute atomic E-state index is 11.2. The van der Waals surface area contributed by atoms with E-state index < -0.39 is 5.97 Å². The van der Waals surface area contributed by atoms with Crippen molar-refractivity contribution >= 4 is 11.8 Å². The van der Waals surface area contributed by atoms with Gasteiger partial charge < -0.3 is 25.4 Å². The number of aromatic nitrogens is 1. The second kappa shape index (κ2) is 12.1. The highest BCUT2D eigenvalue weighted by molar-refractivity contribution is 5.87. The lowest BCUT2D eigenvalue weighted by Crippen LogP contribution is -2.49. The number of hydrogen-bond donors (Lipinski definition) is 2. The number of aromatic carboxylic acids is 1. The molecule has 1 aromatic heterocycles. The number of likely N-dealkylation sites (tertiary alicyclic amines) is 1. The van der Waals surface area contributed by atoms with Crippen LogP contribution >= 0.6 is 0 Å². The summed E-state index contributed by atoms with van der Waals surface area (Å²) in [5.74, 6) is 1.02. The summed E-state index contributed by atoms with van der Waals surface area (Å²) in [6.07, 6.45) is 12.6. The number of methoxy groups -OCH3 is 1. The molecule has 2 aromatic rings. The number of carbonyl (C=O) groups is 1. The fraction of sp³-hybridized carbons (Fsp3) is 0.529. The summed E-state index contributed by atoms with van der Waals surface area (Å²) in [6.45, 7) is 12.0. The second-order valence-electron chi connectivity index (χ2n) is 12.6. The normalized spacial score (nSPS) is 24.8. The van der Waals surface area contributed by atoms with Gasteiger partial charge in [-0.15, -0.1) is 0 Å². The quantitative estimate of drug-likeness (QED) is 0.388. The van der Waals surface area contributed by atoms with Crippen molar-refractivity contribution in [3.63, 3.8) is 0 Å². The minimum atomic E-state index is -0.924. The van der Waals surface area contributed by atoms with E-state index in [1.165, 1.54) is 16.7 Å². The van der Waals surface area contributed by atoms with Crippen LogP contribution in [0.2, 0.25) is 0 Å². The highest BCUT2D eigenvalue weighted by Gasteiger charge is 2.43. The lowest BCUT2D eigenvalue weighted by atomic mass is 9.81. The Morgan fingerprint density at radius 3 is 2.49 bits per heavy atom. The van der Waals surface area contributed by atoms with Crippen LogP contribution in [-0.2, 0) is 4.74 Å². The van der Waals surface area contributed by atoms with Crippen LogP contribution in [0.25, 0.3) is 0 Å². The van der Waals surface area contributed by atoms with Gasteiger partial charge in [0, 0.05) is 68.5 Å². The topological polar surface area (TPSA) is 91.9 Å². The zero-order chi connectivity index (χ0) is 29.3. The van der Waals surface area contributed by atoms with Crippen molar-refractivity contribution in [1.82, 2.24) is 9.88 Å². The highest BCUT2D eigenvalue weighted by Crippen LogP contribution is 2.46. The summed E-state index contributed by atoms with van der Waals surface area (Å²) < 4.78 is 6.15. The lowest BCUT2D eigenvalue weighted by Gasteiger charge is -2.43. The first-order valence-corrected chi connectivity index (χ1v) is 15.1. The van der Waals surface area contributed by atoms with E-state index >= 15 is 0 Å². The molecule has 0 spiro atoms. The average molecular weight is 559 g/mol. The predicted molar refractivity (Wildman–Crippen MR) is 165 cm³/mol. The van der Waals surface area contributed by atoms with Gasteiger partial charge in [0.2, 0.25) is 0 Å². The molecule has 4 unspecified atom stereocenters. The van der Waals surface area contributed by atoms with Gasteiger partial charge in [0.05, 0.1) is 11.2 Å². The first kappa shape index (κ1) is 29.5. The number of pyridine rings is 1. The highest BCUT2D eigenvalue weighted by atomic mass is 16.5. The SMILES string of the molecule is COC1(CC(N)c2ccc(C(=O)O)cc2)CCN(CC2c3c(C4C=CC(C)=CC4)ccnc3N(C(C)C)C2C)CC1. The van der Waals surface area contributed by atoms with Crippen LogP contribution in [0.4, 0.5) is 5.82 Å². The van der Waals surface area contributed by atoms with Gasteiger partial charge in [-0.3, -0.25) is 0 Å². The molecule has 1 aliphatic carbocycles. The Kier molecular flexibility index (Phi) is 8.69. The minimum absolute atomic E-state index is 0.208. The average Bonchev–Trinajstić information content (AvgIpc) is 3.25. The van der Waals surface area contributed by atoms with Crippen molar-refractivity contribution in [3.8, 4) is 0 Å². The molecule has 3 N–H and O–H groups in total. The van der Waals surface area contributed by atoms with Gasteiger partial charge in [-0.25, -0.2) is 9.78 Å². The summed E-state index contributed by atoms with van der Waals surface area (Å²) in [5.41, 5.74) is 11.8. The maximum atomic E-state index is 11.2. The Labute approximate surface area is 245 Å². The number of rotatable bonds is 9. The number of hydrogen-bond acceptors (Lipinski definition) is 6. The Bertz CT molecular complexity index is 1290. The number of piperidine rings is 1. The van der Waals surface area contributed by atoms with Crippen molar-refractivity contribution in [3.05, 3.63) is 82.6 Å². The maximum Gasteiger partial charge on any atom is 0.335 e. The molecule has 0 saturated carbocycles. The Morgan fingerprint density at radius 1 is 1.20 bits per heavy atom. The van der Waals surface area contributed by atoms with Crippen LogP contribution in [0.3, 0.4) is 0 Å². The van der Waals surface area contributed by atoms with E-state index in [4.69, 9.17) is 15.5 Å². The number of benzene rings is 1. The van der Waals surface area contributed by atoms with E-state index in [-0.39, 0.29) is 17.2 Å². The molecule has 3 aliphatic rings. The third-order valence-electron chi connectivity index (χ3n) is 9.71. The van der Waals surface area contributed by atoms with Crippen molar-refractivity contribution in [2.24, 2.45) is 5.73 Å². The van der Waals surface area contributed by atoms with Gasteiger partial charge in [0.25, 0.3) is 0 Å². The molecule has 7 heteroatoms. The van der Waals surface area contributed by atoms with Crippen molar-refractivity contribution in [1.29, 1.82) is 0 Å². The van der Waals surface area contributed by atoms with Gasteiger partial charge in [-0.05, 0) is 82.7 Å². The molecule has 1 saturated heterocycles. The first-order valence-electron chi connectivity index (χ1n) is 15.1. The Hall–Kier alpha value is -3.00. The van der Waals surface area contributed by atoms with Gasteiger partial charge in [0.1, 0.15) is 5.82 Å². The van der Waals surface area contributed by atoms with Crippen molar-refractivity contribution < 1.29 is 14.6 Å². The molecule has 4 atom stereocenters. The summed E-state index contributed by atoms with van der Waals surface area (Å²) in [5, 5.41) is 9.22. The zero-order valence-electron chi connectivity index (χ0n) is 25.2. The van der Waals surface area contributed by atoms with Crippen molar-refractivity contribution in [2.75, 3.05) is 31.6 Å². The fourth-order valence-corrected chi connectivity index (χ4v) is 7.23. The van der Waals surface area contributed by atoms with Gasteiger partial charge in [-0.1, -0.05) is 35.9 Å². The summed E-state index contributed by atoms with van der Waals surface area (Å²) in [7, 11) is 1.80. The third-order valence-corrected chi connectivity index (χ3v) is 9.71. The molecular weight excluding hydrogens is 512 g/mol. The Morgan fingerprint density at radius 2 is 1.90 bits per heavy atom. The first-order chi connectivity index (χ1) is 19.6. The number of anilines is 1. The molecule has 41 heavy (non-hydrogen) atoms. The van der Waals surface area contributed by atoms with Gasteiger partial charge >= 0.3 is 5.97 Å². The van der Waals surface area contributed by atoms with Gasteiger partial charge in [-0.2, -0.15) is 0 Å². The molecule has 3 heterocycles. The Balaban J connectivity index is 1.30. The van der Waals surface area contributed by atoms with Gasteiger partial charge in [0.15, 0.2) is 0 Å². The number of allylic oxidation sites excluding steroid dienone is 4. The molecule has 5 rings (SSSR count). The monoisotopic (exact) mass is 558 g/mol. The molecule has 0 bridgehead atoms. The number of fused-ring (bicyclic) bond motifs is 1. The summed E-state index contributed by atoms with van der Waals surface area (Å²) >= 11 is 0. The zero-order valence-corrected chi connectivity index (χ0v) is 25.2. The molecule has 1 aromatic carbocycles. The van der Waals surface area contributed by atoms with Crippen LogP contribution in [0.1, 0.15) is 98.3 Å². The second-order valence-corrected chi connectivity index (χ2v) is 12.6. The van der Waals surface area contributed by atoms with Crippen LogP contribution in [0, 0.1) is 0 Å². The van der Waals surface area contributed by atoms with E-state index in [9.17, 15) is 9.90 Å². The summed E-state index contributed by atoms with van der Waals surface area (Å²) in [6, 6.07) is 9.72. The van der Waals surface area contributed by atoms with E-state index in [2.05, 4.69) is 61.8 Å². The predicted octanol–water partition coefficient (Wildman–Crippen LogP) is 6.04. The van der Waals surface area contributed by atoms with Crippen LogP contribution in [0.15, 0.2) is 60.3 Å². The third kappa shape index (κ3) is 5.99. The van der Waals surface area contributed by atoms with Crippen LogP contribution in [0.5, 0.6) is 0 Å². The molecule has 2 aliphatic heterocycles. The fourth-order valence-electron chi connectivity index (χ4n) is 7.23. The summed E-state index contributed by atoms with van der Waals surface area (Å²) in [4.78, 5) is 21.3. The molecule has 1 fully saturated rings. The largest absolute Gasteiger partial charge is 0.478 e. The molecule has 220 valence electrons. The number of carboxylic acid groups (broad SMARTS) is 1. The van der Waals surface area contributed by atoms with E-state index in [0.717, 1.165) is 50.3 Å². The van der Waals surface area contributed by atoms with E-state index in [1.54, 1.807) is 19.2 Å². The smallest absolute Gasteiger partial charge is 0.335 e. The van der Waals surface area contributed by atoms with Crippen LogP contribution in [-0.4, -0.2) is 65.4 Å². The number of carboxylic acids is 1. The standard InChI is InChI=1S/C34H46N4O3/c1-22(2)38-24(4)29(31-28(14-17-36-32(31)38)25-8-6-23(3)7-9-25)21-37-18-15-34(41-5,16-19-37)20-30(35)26-10-12-27(13-11-26)33(39)40/h6-8,10-14,17,22,24-25,29-30H,9,15-16,18-21,35H2,1-5H3,(H,39,40). The molecule has 0 radical (unpaired) electrons. The molecular formula is C34H46N4O3. The molecule has 7 nitrogen and oxygen atoms in total.